The highest BCUT2D eigenvalue weighted by Gasteiger charge is 2.45. The first-order valence-electron chi connectivity index (χ1n) is 9.55. The third kappa shape index (κ3) is 5.81. The Bertz CT molecular complexity index is 1310. The molecule has 0 saturated heterocycles. The summed E-state index contributed by atoms with van der Waals surface area (Å²) < 4.78 is 71.8. The Morgan fingerprint density at radius 1 is 1.06 bits per heavy atom. The van der Waals surface area contributed by atoms with E-state index in [1.807, 2.05) is 0 Å². The number of aromatic carboxylic acids is 1. The van der Waals surface area contributed by atoms with Crippen LogP contribution in [0, 0.1) is 0 Å². The van der Waals surface area contributed by atoms with E-state index >= 15 is 0 Å². The molecule has 0 aliphatic rings. The topological polar surface area (TPSA) is 93.6 Å². The average molecular weight is 534 g/mol. The number of pyridine rings is 1. The van der Waals surface area contributed by atoms with E-state index in [2.05, 4.69) is 4.98 Å². The van der Waals surface area contributed by atoms with E-state index < -0.39 is 34.1 Å². The largest absolute Gasteiger partial charge is 0.478 e. The predicted molar refractivity (Wildman–Crippen MR) is 119 cm³/mol. The van der Waals surface area contributed by atoms with Crippen LogP contribution in [0.5, 0.6) is 5.75 Å². The van der Waals surface area contributed by atoms with Gasteiger partial charge in [-0.1, -0.05) is 36.2 Å². The van der Waals surface area contributed by atoms with Crippen molar-refractivity contribution in [1.29, 1.82) is 0 Å². The molecule has 1 unspecified atom stereocenters. The number of benzene rings is 2. The number of carboxylic acids is 1. The van der Waals surface area contributed by atoms with Gasteiger partial charge in [0.05, 0.1) is 11.5 Å². The highest BCUT2D eigenvalue weighted by Crippen LogP contribution is 2.47. The van der Waals surface area contributed by atoms with Crippen molar-refractivity contribution in [3.05, 3.63) is 87.7 Å². The SMILES string of the molecule is C[C@H](c1ccc(OS(=O)(=O)c2ccc(C(=O)O)cc2)cc1Cl)C(c1ccnc(Cl)c1)C(F)(F)F. The van der Waals surface area contributed by atoms with E-state index in [1.165, 1.54) is 31.3 Å². The molecule has 34 heavy (non-hydrogen) atoms. The number of aromatic nitrogens is 1. The van der Waals surface area contributed by atoms with Gasteiger partial charge in [0.15, 0.2) is 0 Å². The van der Waals surface area contributed by atoms with Gasteiger partial charge in [0.2, 0.25) is 0 Å². The molecule has 0 spiro atoms. The van der Waals surface area contributed by atoms with Crippen molar-refractivity contribution in [2.75, 3.05) is 0 Å². The Morgan fingerprint density at radius 2 is 1.71 bits per heavy atom. The first-order chi connectivity index (χ1) is 15.8. The van der Waals surface area contributed by atoms with Crippen LogP contribution in [0.2, 0.25) is 10.2 Å². The molecule has 0 saturated carbocycles. The summed E-state index contributed by atoms with van der Waals surface area (Å²) in [6.45, 7) is 1.34. The van der Waals surface area contributed by atoms with Crippen LogP contribution in [0.3, 0.4) is 0 Å². The Labute approximate surface area is 203 Å². The lowest BCUT2D eigenvalue weighted by atomic mass is 9.82. The van der Waals surface area contributed by atoms with Gasteiger partial charge in [0.25, 0.3) is 0 Å². The van der Waals surface area contributed by atoms with Gasteiger partial charge in [-0.05, 0) is 59.5 Å². The molecule has 1 N–H and O–H groups in total. The summed E-state index contributed by atoms with van der Waals surface area (Å²) >= 11 is 12.0. The minimum Gasteiger partial charge on any atom is -0.478 e. The molecule has 0 aliphatic heterocycles. The maximum atomic E-state index is 13.9. The number of hydrogen-bond acceptors (Lipinski definition) is 5. The molecule has 12 heteroatoms. The molecule has 0 bridgehead atoms. The van der Waals surface area contributed by atoms with Gasteiger partial charge < -0.3 is 9.29 Å². The zero-order valence-electron chi connectivity index (χ0n) is 17.3. The second-order valence-corrected chi connectivity index (χ2v) is 9.61. The fourth-order valence-corrected chi connectivity index (χ4v) is 4.87. The smallest absolute Gasteiger partial charge is 0.396 e. The highest BCUT2D eigenvalue weighted by molar-refractivity contribution is 7.87. The Kier molecular flexibility index (Phi) is 7.44. The molecule has 1 aromatic heterocycles. The van der Waals surface area contributed by atoms with E-state index in [-0.39, 0.29) is 37.5 Å². The van der Waals surface area contributed by atoms with Gasteiger partial charge >= 0.3 is 22.3 Å². The lowest BCUT2D eigenvalue weighted by Crippen LogP contribution is -2.26. The third-order valence-electron chi connectivity index (χ3n) is 5.02. The molecule has 0 fully saturated rings. The van der Waals surface area contributed by atoms with Crippen LogP contribution in [0.25, 0.3) is 0 Å². The molecule has 0 aliphatic carbocycles. The lowest BCUT2D eigenvalue weighted by Gasteiger charge is -2.28. The molecule has 1 heterocycles. The van der Waals surface area contributed by atoms with Crippen molar-refractivity contribution in [2.24, 2.45) is 0 Å². The minimum atomic E-state index is -4.63. The van der Waals surface area contributed by atoms with Crippen molar-refractivity contribution in [3.63, 3.8) is 0 Å². The molecule has 2 atom stereocenters. The van der Waals surface area contributed by atoms with Gasteiger partial charge in [-0.3, -0.25) is 0 Å². The summed E-state index contributed by atoms with van der Waals surface area (Å²) in [5, 5.41) is 8.70. The normalized spacial score (nSPS) is 13.8. The van der Waals surface area contributed by atoms with E-state index in [0.717, 1.165) is 36.4 Å². The number of halogens is 5. The Balaban J connectivity index is 1.89. The first kappa shape index (κ1) is 25.8. The summed E-state index contributed by atoms with van der Waals surface area (Å²) in [6, 6.07) is 10.2. The van der Waals surface area contributed by atoms with E-state index in [4.69, 9.17) is 32.5 Å². The van der Waals surface area contributed by atoms with Crippen LogP contribution in [-0.4, -0.2) is 30.7 Å². The first-order valence-corrected chi connectivity index (χ1v) is 11.7. The highest BCUT2D eigenvalue weighted by atomic mass is 35.5. The molecule has 0 amide bonds. The molecule has 180 valence electrons. The van der Waals surface area contributed by atoms with Crippen LogP contribution in [0.1, 0.15) is 40.2 Å². The van der Waals surface area contributed by atoms with E-state index in [0.29, 0.717) is 0 Å². The van der Waals surface area contributed by atoms with Gasteiger partial charge in [-0.15, -0.1) is 0 Å². The van der Waals surface area contributed by atoms with Crippen LogP contribution in [0.15, 0.2) is 65.7 Å². The summed E-state index contributed by atoms with van der Waals surface area (Å²) in [4.78, 5) is 14.3. The maximum absolute atomic E-state index is 13.9. The summed E-state index contributed by atoms with van der Waals surface area (Å²) in [7, 11) is -4.35. The fourth-order valence-electron chi connectivity index (χ4n) is 3.42. The fraction of sp³-hybridized carbons (Fsp3) is 0.182. The predicted octanol–water partition coefficient (Wildman–Crippen LogP) is 6.30. The third-order valence-corrected chi connectivity index (χ3v) is 6.82. The van der Waals surface area contributed by atoms with Crippen molar-refractivity contribution in [1.82, 2.24) is 4.98 Å². The molecular formula is C22H16Cl2F3NO5S. The maximum Gasteiger partial charge on any atom is 0.396 e. The van der Waals surface area contributed by atoms with Crippen molar-refractivity contribution in [2.45, 2.75) is 29.8 Å². The second kappa shape index (κ2) is 9.81. The summed E-state index contributed by atoms with van der Waals surface area (Å²) in [5.41, 5.74) is -0.0914. The molecule has 3 rings (SSSR count). The molecule has 3 aromatic rings. The standard InChI is InChI=1S/C22H16Cl2F3NO5S/c1-12(20(22(25,26)27)14-8-9-28-19(24)10-14)17-7-4-15(11-18(17)23)33-34(31,32)16-5-2-13(3-6-16)21(29)30/h2-12,20H,1H3,(H,29,30)/t12-,20?/m1/s1. The van der Waals surface area contributed by atoms with Crippen LogP contribution < -0.4 is 4.18 Å². The van der Waals surface area contributed by atoms with Gasteiger partial charge in [0, 0.05) is 17.3 Å². The molecule has 6 nitrogen and oxygen atoms in total. The van der Waals surface area contributed by atoms with Gasteiger partial charge in [-0.2, -0.15) is 21.6 Å². The van der Waals surface area contributed by atoms with Crippen LogP contribution in [-0.2, 0) is 10.1 Å². The van der Waals surface area contributed by atoms with Gasteiger partial charge in [0.1, 0.15) is 15.8 Å². The van der Waals surface area contributed by atoms with Crippen molar-refractivity contribution < 1.29 is 35.7 Å². The minimum absolute atomic E-state index is 0.0876. The number of alkyl halides is 3. The van der Waals surface area contributed by atoms with E-state index in [9.17, 15) is 26.4 Å². The Morgan fingerprint density at radius 3 is 2.24 bits per heavy atom. The Hall–Kier alpha value is -2.82. The quantitative estimate of drug-likeness (QED) is 0.282. The van der Waals surface area contributed by atoms with Crippen LogP contribution in [0.4, 0.5) is 13.2 Å². The zero-order valence-corrected chi connectivity index (χ0v) is 19.6. The van der Waals surface area contributed by atoms with Gasteiger partial charge in [-0.25, -0.2) is 9.78 Å². The van der Waals surface area contributed by atoms with Crippen molar-refractivity contribution >= 4 is 39.3 Å². The van der Waals surface area contributed by atoms with Crippen molar-refractivity contribution in [3.8, 4) is 5.75 Å². The van der Waals surface area contributed by atoms with E-state index in [1.54, 1.807) is 0 Å². The number of carboxylic acid groups (broad SMARTS) is 1. The summed E-state index contributed by atoms with van der Waals surface area (Å²) in [6.07, 6.45) is -3.45. The number of nitrogens with zero attached hydrogens (tertiary/aromatic N) is 1. The van der Waals surface area contributed by atoms with Crippen LogP contribution >= 0.6 is 23.2 Å². The second-order valence-electron chi connectivity index (χ2n) is 7.27. The zero-order chi connectivity index (χ0) is 25.3. The molecular weight excluding hydrogens is 518 g/mol. The average Bonchev–Trinajstić information content (AvgIpc) is 2.72. The lowest BCUT2D eigenvalue weighted by molar-refractivity contribution is -0.154. The number of carbonyl (C=O) groups is 1. The summed E-state index contributed by atoms with van der Waals surface area (Å²) in [5.74, 6) is -4.56. The monoisotopic (exact) mass is 533 g/mol. The molecule has 2 aromatic carbocycles. The number of hydrogen-bond donors (Lipinski definition) is 1. The number of rotatable bonds is 7. The molecule has 0 radical (unpaired) electrons.